The fourth-order valence-corrected chi connectivity index (χ4v) is 2.47. The highest BCUT2D eigenvalue weighted by Gasteiger charge is 2.23. The number of halogens is 1. The van der Waals surface area contributed by atoms with Crippen molar-refractivity contribution < 1.29 is 4.79 Å². The normalized spacial score (nSPS) is 15.2. The maximum atomic E-state index is 12.2. The van der Waals surface area contributed by atoms with Crippen LogP contribution in [0.2, 0.25) is 0 Å². The van der Waals surface area contributed by atoms with Crippen LogP contribution in [0.1, 0.15) is 31.2 Å². The van der Waals surface area contributed by atoms with Gasteiger partial charge < -0.3 is 4.90 Å². The van der Waals surface area contributed by atoms with Crippen LogP contribution in [0.15, 0.2) is 30.3 Å². The van der Waals surface area contributed by atoms with E-state index >= 15 is 0 Å². The lowest BCUT2D eigenvalue weighted by Gasteiger charge is -2.28. The monoisotopic (exact) mass is 265 g/mol. The van der Waals surface area contributed by atoms with Crippen molar-refractivity contribution in [3.63, 3.8) is 0 Å². The molecule has 2 rings (SSSR count). The lowest BCUT2D eigenvalue weighted by molar-refractivity contribution is -0.133. The zero-order valence-corrected chi connectivity index (χ0v) is 11.4. The Labute approximate surface area is 114 Å². The van der Waals surface area contributed by atoms with Crippen molar-refractivity contribution in [1.29, 1.82) is 0 Å². The van der Waals surface area contributed by atoms with E-state index < -0.39 is 0 Å². The predicted molar refractivity (Wildman–Crippen MR) is 74.5 cm³/mol. The molecule has 0 radical (unpaired) electrons. The first-order valence-electron chi connectivity index (χ1n) is 6.67. The van der Waals surface area contributed by atoms with Crippen LogP contribution in [0.25, 0.3) is 0 Å². The first-order chi connectivity index (χ1) is 8.79. The van der Waals surface area contributed by atoms with Crippen molar-refractivity contribution in [1.82, 2.24) is 4.90 Å². The van der Waals surface area contributed by atoms with Gasteiger partial charge in [0.15, 0.2) is 0 Å². The topological polar surface area (TPSA) is 20.3 Å². The van der Waals surface area contributed by atoms with Gasteiger partial charge in [0.05, 0.1) is 0 Å². The highest BCUT2D eigenvalue weighted by Crippen LogP contribution is 2.30. The van der Waals surface area contributed by atoms with Gasteiger partial charge in [0.2, 0.25) is 5.91 Å². The number of rotatable bonds is 6. The number of benzene rings is 1. The van der Waals surface area contributed by atoms with Gasteiger partial charge in [0.1, 0.15) is 0 Å². The molecular weight excluding hydrogens is 246 g/mol. The summed E-state index contributed by atoms with van der Waals surface area (Å²) in [6.07, 6.45) is 4.41. The summed E-state index contributed by atoms with van der Waals surface area (Å²) in [6.45, 7) is 1.32. The minimum absolute atomic E-state index is 0.254. The van der Waals surface area contributed by atoms with Crippen molar-refractivity contribution in [3.8, 4) is 0 Å². The smallest absolute Gasteiger partial charge is 0.223 e. The average molecular weight is 266 g/mol. The molecule has 1 saturated carbocycles. The first-order valence-corrected chi connectivity index (χ1v) is 7.20. The Hall–Kier alpha value is -1.02. The number of hydrogen-bond acceptors (Lipinski definition) is 1. The number of hydrogen-bond donors (Lipinski definition) is 0. The highest BCUT2D eigenvalue weighted by molar-refractivity contribution is 6.18. The molecule has 98 valence electrons. The Bertz CT molecular complexity index is 375. The molecule has 0 heterocycles. The molecule has 0 saturated heterocycles. The summed E-state index contributed by atoms with van der Waals surface area (Å²) in [5, 5.41) is 0. The quantitative estimate of drug-likeness (QED) is 0.722. The molecular formula is C15H20ClNO. The van der Waals surface area contributed by atoms with Gasteiger partial charge in [-0.15, -0.1) is 11.6 Å². The second-order valence-electron chi connectivity index (χ2n) is 4.99. The summed E-state index contributed by atoms with van der Waals surface area (Å²) < 4.78 is 0. The molecule has 1 aliphatic rings. The average Bonchev–Trinajstić information content (AvgIpc) is 2.34. The minimum Gasteiger partial charge on any atom is -0.337 e. The summed E-state index contributed by atoms with van der Waals surface area (Å²) in [5.74, 6) is 1.37. The Morgan fingerprint density at radius 1 is 1.28 bits per heavy atom. The molecule has 18 heavy (non-hydrogen) atoms. The summed E-state index contributed by atoms with van der Waals surface area (Å²) in [5.41, 5.74) is 1.17. The number of carbonyl (C=O) groups is 1. The third-order valence-corrected chi connectivity index (χ3v) is 3.78. The van der Waals surface area contributed by atoms with Gasteiger partial charge in [-0.25, -0.2) is 0 Å². The SMILES string of the molecule is O=C(CC1CCC1)N(CCCl)Cc1ccccc1. The molecule has 1 aliphatic carbocycles. The second-order valence-corrected chi connectivity index (χ2v) is 5.37. The van der Waals surface area contributed by atoms with E-state index in [4.69, 9.17) is 11.6 Å². The molecule has 0 aliphatic heterocycles. The summed E-state index contributed by atoms with van der Waals surface area (Å²) in [6, 6.07) is 10.1. The molecule has 0 aromatic heterocycles. The number of amides is 1. The van der Waals surface area contributed by atoms with Crippen LogP contribution in [0.5, 0.6) is 0 Å². The van der Waals surface area contributed by atoms with Crippen molar-refractivity contribution >= 4 is 17.5 Å². The van der Waals surface area contributed by atoms with E-state index in [0.717, 1.165) is 0 Å². The standard InChI is InChI=1S/C15H20ClNO/c16-9-10-17(12-14-5-2-1-3-6-14)15(18)11-13-7-4-8-13/h1-3,5-6,13H,4,7-12H2. The van der Waals surface area contributed by atoms with E-state index in [0.29, 0.717) is 31.3 Å². The number of alkyl halides is 1. The van der Waals surface area contributed by atoms with Gasteiger partial charge in [-0.3, -0.25) is 4.79 Å². The van der Waals surface area contributed by atoms with Crippen LogP contribution in [0.4, 0.5) is 0 Å². The Kier molecular flexibility index (Phi) is 5.06. The van der Waals surface area contributed by atoms with Crippen LogP contribution >= 0.6 is 11.6 Å². The summed E-state index contributed by atoms with van der Waals surface area (Å²) in [7, 11) is 0. The summed E-state index contributed by atoms with van der Waals surface area (Å²) in [4.78, 5) is 14.1. The molecule has 3 heteroatoms. The van der Waals surface area contributed by atoms with Gasteiger partial charge in [-0.05, 0) is 24.3 Å². The van der Waals surface area contributed by atoms with Crippen LogP contribution in [-0.4, -0.2) is 23.2 Å². The van der Waals surface area contributed by atoms with Gasteiger partial charge >= 0.3 is 0 Å². The van der Waals surface area contributed by atoms with Crippen LogP contribution < -0.4 is 0 Å². The summed E-state index contributed by atoms with van der Waals surface area (Å²) >= 11 is 5.80. The van der Waals surface area contributed by atoms with Crippen LogP contribution in [-0.2, 0) is 11.3 Å². The van der Waals surface area contributed by atoms with Crippen LogP contribution in [0, 0.1) is 5.92 Å². The molecule has 0 spiro atoms. The van der Waals surface area contributed by atoms with E-state index in [2.05, 4.69) is 12.1 Å². The zero-order chi connectivity index (χ0) is 12.8. The molecule has 1 aromatic rings. The number of carbonyl (C=O) groups excluding carboxylic acids is 1. The largest absolute Gasteiger partial charge is 0.337 e. The van der Waals surface area contributed by atoms with E-state index in [-0.39, 0.29) is 5.91 Å². The molecule has 0 bridgehead atoms. The fraction of sp³-hybridized carbons (Fsp3) is 0.533. The zero-order valence-electron chi connectivity index (χ0n) is 10.6. The van der Waals surface area contributed by atoms with E-state index in [1.54, 1.807) is 0 Å². The molecule has 1 aromatic carbocycles. The van der Waals surface area contributed by atoms with Gasteiger partial charge in [0.25, 0.3) is 0 Å². The maximum Gasteiger partial charge on any atom is 0.223 e. The Morgan fingerprint density at radius 2 is 2.00 bits per heavy atom. The van der Waals surface area contributed by atoms with Gasteiger partial charge in [0, 0.05) is 25.4 Å². The van der Waals surface area contributed by atoms with Crippen molar-refractivity contribution in [2.45, 2.75) is 32.2 Å². The third kappa shape index (κ3) is 3.74. The molecule has 1 amide bonds. The third-order valence-electron chi connectivity index (χ3n) is 3.61. The highest BCUT2D eigenvalue weighted by atomic mass is 35.5. The second kappa shape index (κ2) is 6.79. The molecule has 2 nitrogen and oxygen atoms in total. The Morgan fingerprint density at radius 3 is 2.56 bits per heavy atom. The number of nitrogens with zero attached hydrogens (tertiary/aromatic N) is 1. The van der Waals surface area contributed by atoms with Gasteiger partial charge in [-0.2, -0.15) is 0 Å². The van der Waals surface area contributed by atoms with E-state index in [1.807, 2.05) is 23.1 Å². The van der Waals surface area contributed by atoms with Crippen molar-refractivity contribution in [3.05, 3.63) is 35.9 Å². The van der Waals surface area contributed by atoms with E-state index in [1.165, 1.54) is 24.8 Å². The van der Waals surface area contributed by atoms with E-state index in [9.17, 15) is 4.79 Å². The van der Waals surface area contributed by atoms with Crippen LogP contribution in [0.3, 0.4) is 0 Å². The molecule has 1 fully saturated rings. The lowest BCUT2D eigenvalue weighted by atomic mass is 9.82. The minimum atomic E-state index is 0.254. The first kappa shape index (κ1) is 13.4. The van der Waals surface area contributed by atoms with Crippen molar-refractivity contribution in [2.24, 2.45) is 5.92 Å². The molecule has 0 atom stereocenters. The van der Waals surface area contributed by atoms with Crippen molar-refractivity contribution in [2.75, 3.05) is 12.4 Å². The molecule has 0 unspecified atom stereocenters. The Balaban J connectivity index is 1.91. The molecule has 0 N–H and O–H groups in total. The van der Waals surface area contributed by atoms with Gasteiger partial charge in [-0.1, -0.05) is 36.8 Å². The lowest BCUT2D eigenvalue weighted by Crippen LogP contribution is -2.34. The fourth-order valence-electron chi connectivity index (χ4n) is 2.27. The maximum absolute atomic E-state index is 12.2. The predicted octanol–water partition coefficient (Wildman–Crippen LogP) is 3.44.